The normalized spacial score (nSPS) is 15.7. The summed E-state index contributed by atoms with van der Waals surface area (Å²) in [4.78, 5) is 20.1. The van der Waals surface area contributed by atoms with Gasteiger partial charge in [0.2, 0.25) is 5.91 Å². The van der Waals surface area contributed by atoms with Crippen molar-refractivity contribution in [2.45, 2.75) is 0 Å². The second kappa shape index (κ2) is 6.73. The lowest BCUT2D eigenvalue weighted by Crippen LogP contribution is -2.49. The van der Waals surface area contributed by atoms with Crippen molar-refractivity contribution in [3.05, 3.63) is 18.3 Å². The number of aromatic nitrogens is 1. The Hall–Kier alpha value is -2.33. The van der Waals surface area contributed by atoms with Crippen LogP contribution in [0.5, 0.6) is 0 Å². The molecule has 0 saturated carbocycles. The number of nitrogens with zero attached hydrogens (tertiary/aromatic N) is 4. The van der Waals surface area contributed by atoms with E-state index >= 15 is 0 Å². The van der Waals surface area contributed by atoms with Crippen LogP contribution in [0.2, 0.25) is 0 Å². The third-order valence-electron chi connectivity index (χ3n) is 3.20. The molecule has 1 amide bonds. The molecule has 0 atom stereocenters. The number of carbonyl (C=O) groups excluding carboxylic acids is 1. The highest BCUT2D eigenvalue weighted by Gasteiger charge is 2.19. The van der Waals surface area contributed by atoms with Gasteiger partial charge in [-0.15, -0.1) is 0 Å². The van der Waals surface area contributed by atoms with Crippen LogP contribution in [-0.4, -0.2) is 55.1 Å². The summed E-state index contributed by atoms with van der Waals surface area (Å²) in [6.07, 6.45) is 1.65. The van der Waals surface area contributed by atoms with Gasteiger partial charge in [0.25, 0.3) is 0 Å². The van der Waals surface area contributed by atoms with Crippen molar-refractivity contribution in [3.8, 4) is 6.07 Å². The van der Waals surface area contributed by atoms with Crippen LogP contribution < -0.4 is 16.0 Å². The number of nitrogens with two attached hydrogens (primary N) is 1. The number of anilines is 2. The standard InChI is InChI=1S/C13H18N6O/c14-3-4-16-13(20)10-18-5-7-19(8-6-18)12-2-1-11(15)9-17-12/h1-2,9H,4-8,10,15H2,(H,16,20). The second-order valence-corrected chi connectivity index (χ2v) is 4.65. The van der Waals surface area contributed by atoms with Crippen molar-refractivity contribution in [1.82, 2.24) is 15.2 Å². The zero-order valence-corrected chi connectivity index (χ0v) is 11.2. The van der Waals surface area contributed by atoms with Gasteiger partial charge in [0.1, 0.15) is 12.4 Å². The third kappa shape index (κ3) is 3.83. The summed E-state index contributed by atoms with van der Waals surface area (Å²) in [5.41, 5.74) is 6.27. The molecule has 2 heterocycles. The first kappa shape index (κ1) is 14.1. The molecule has 1 aliphatic rings. The highest BCUT2D eigenvalue weighted by molar-refractivity contribution is 5.78. The minimum Gasteiger partial charge on any atom is -0.397 e. The SMILES string of the molecule is N#CCNC(=O)CN1CCN(c2ccc(N)cn2)CC1. The van der Waals surface area contributed by atoms with Gasteiger partial charge >= 0.3 is 0 Å². The average Bonchev–Trinajstić information content (AvgIpc) is 2.47. The minimum absolute atomic E-state index is 0.0636. The van der Waals surface area contributed by atoms with Gasteiger partial charge in [-0.3, -0.25) is 9.69 Å². The molecule has 106 valence electrons. The number of piperazine rings is 1. The molecule has 20 heavy (non-hydrogen) atoms. The predicted molar refractivity (Wildman–Crippen MR) is 75.9 cm³/mol. The van der Waals surface area contributed by atoms with Gasteiger partial charge in [0.05, 0.1) is 24.5 Å². The van der Waals surface area contributed by atoms with E-state index in [2.05, 4.69) is 20.1 Å². The number of rotatable bonds is 4. The molecule has 0 bridgehead atoms. The van der Waals surface area contributed by atoms with Crippen LogP contribution in [0.3, 0.4) is 0 Å². The Labute approximate surface area is 118 Å². The van der Waals surface area contributed by atoms with Crippen LogP contribution in [0.15, 0.2) is 18.3 Å². The van der Waals surface area contributed by atoms with Crippen molar-refractivity contribution in [2.24, 2.45) is 0 Å². The molecule has 1 saturated heterocycles. The van der Waals surface area contributed by atoms with Gasteiger partial charge in [0.15, 0.2) is 0 Å². The lowest BCUT2D eigenvalue weighted by Gasteiger charge is -2.34. The van der Waals surface area contributed by atoms with E-state index in [1.165, 1.54) is 0 Å². The lowest BCUT2D eigenvalue weighted by atomic mass is 10.3. The van der Waals surface area contributed by atoms with Crippen LogP contribution in [0.1, 0.15) is 0 Å². The van der Waals surface area contributed by atoms with Gasteiger partial charge < -0.3 is 16.0 Å². The van der Waals surface area contributed by atoms with E-state index in [4.69, 9.17) is 11.0 Å². The zero-order chi connectivity index (χ0) is 14.4. The molecule has 7 heteroatoms. The molecule has 0 spiro atoms. The quantitative estimate of drug-likeness (QED) is 0.713. The molecule has 7 nitrogen and oxygen atoms in total. The molecule has 0 aromatic carbocycles. The van der Waals surface area contributed by atoms with Crippen molar-refractivity contribution in [1.29, 1.82) is 5.26 Å². The van der Waals surface area contributed by atoms with Crippen LogP contribution in [0.4, 0.5) is 11.5 Å². The van der Waals surface area contributed by atoms with Gasteiger partial charge in [-0.25, -0.2) is 4.98 Å². The molecule has 3 N–H and O–H groups in total. The Kier molecular flexibility index (Phi) is 4.74. The van der Waals surface area contributed by atoms with Crippen molar-refractivity contribution in [2.75, 3.05) is 49.9 Å². The highest BCUT2D eigenvalue weighted by Crippen LogP contribution is 2.14. The second-order valence-electron chi connectivity index (χ2n) is 4.65. The fourth-order valence-electron chi connectivity index (χ4n) is 2.12. The molecule has 0 aliphatic carbocycles. The number of hydrogen-bond acceptors (Lipinski definition) is 6. The van der Waals surface area contributed by atoms with Gasteiger partial charge in [-0.2, -0.15) is 5.26 Å². The van der Waals surface area contributed by atoms with E-state index in [-0.39, 0.29) is 12.5 Å². The number of nitriles is 1. The lowest BCUT2D eigenvalue weighted by molar-refractivity contribution is -0.122. The Morgan fingerprint density at radius 3 is 2.75 bits per heavy atom. The van der Waals surface area contributed by atoms with E-state index in [1.807, 2.05) is 18.2 Å². The highest BCUT2D eigenvalue weighted by atomic mass is 16.2. The van der Waals surface area contributed by atoms with E-state index < -0.39 is 0 Å². The molecule has 0 radical (unpaired) electrons. The summed E-state index contributed by atoms with van der Waals surface area (Å²) in [6.45, 7) is 3.64. The number of nitrogens with one attached hydrogen (secondary N) is 1. The Morgan fingerprint density at radius 1 is 1.40 bits per heavy atom. The first-order valence-corrected chi connectivity index (χ1v) is 6.51. The molecular weight excluding hydrogens is 256 g/mol. The van der Waals surface area contributed by atoms with Crippen LogP contribution >= 0.6 is 0 Å². The predicted octanol–water partition coefficient (Wildman–Crippen LogP) is -0.574. The number of pyridine rings is 1. The number of hydrogen-bond donors (Lipinski definition) is 2. The van der Waals surface area contributed by atoms with Crippen LogP contribution in [-0.2, 0) is 4.79 Å². The van der Waals surface area contributed by atoms with Gasteiger partial charge in [0, 0.05) is 26.2 Å². The van der Waals surface area contributed by atoms with E-state index in [0.717, 1.165) is 32.0 Å². The topological polar surface area (TPSA) is 98.3 Å². The zero-order valence-electron chi connectivity index (χ0n) is 11.2. The van der Waals surface area contributed by atoms with Gasteiger partial charge in [-0.05, 0) is 12.1 Å². The Bertz CT molecular complexity index is 487. The maximum absolute atomic E-state index is 11.5. The number of nitrogen functional groups attached to an aromatic ring is 1. The number of carbonyl (C=O) groups is 1. The van der Waals surface area contributed by atoms with E-state index in [1.54, 1.807) is 6.20 Å². The van der Waals surface area contributed by atoms with E-state index in [0.29, 0.717) is 12.2 Å². The van der Waals surface area contributed by atoms with Gasteiger partial charge in [-0.1, -0.05) is 0 Å². The number of amides is 1. The molecule has 1 fully saturated rings. The molecule has 2 rings (SSSR count). The smallest absolute Gasteiger partial charge is 0.235 e. The maximum Gasteiger partial charge on any atom is 0.235 e. The first-order valence-electron chi connectivity index (χ1n) is 6.51. The van der Waals surface area contributed by atoms with Crippen molar-refractivity contribution >= 4 is 17.4 Å². The molecule has 0 unspecified atom stereocenters. The van der Waals surface area contributed by atoms with Crippen molar-refractivity contribution < 1.29 is 4.79 Å². The molecule has 1 aliphatic heterocycles. The monoisotopic (exact) mass is 274 g/mol. The summed E-state index contributed by atoms with van der Waals surface area (Å²) in [5.74, 6) is 0.804. The first-order chi connectivity index (χ1) is 9.69. The third-order valence-corrected chi connectivity index (χ3v) is 3.20. The van der Waals surface area contributed by atoms with Crippen LogP contribution in [0, 0.1) is 11.3 Å². The fraction of sp³-hybridized carbons (Fsp3) is 0.462. The molecule has 1 aromatic rings. The largest absolute Gasteiger partial charge is 0.397 e. The van der Waals surface area contributed by atoms with Crippen LogP contribution in [0.25, 0.3) is 0 Å². The average molecular weight is 274 g/mol. The Morgan fingerprint density at radius 2 is 2.15 bits per heavy atom. The summed E-state index contributed by atoms with van der Waals surface area (Å²) in [6, 6.07) is 5.64. The molecule has 1 aromatic heterocycles. The van der Waals surface area contributed by atoms with Crippen molar-refractivity contribution in [3.63, 3.8) is 0 Å². The maximum atomic E-state index is 11.5. The summed E-state index contributed by atoms with van der Waals surface area (Å²) >= 11 is 0. The Balaban J connectivity index is 1.79. The fourth-order valence-corrected chi connectivity index (χ4v) is 2.12. The molecular formula is C13H18N6O. The summed E-state index contributed by atoms with van der Waals surface area (Å²) < 4.78 is 0. The summed E-state index contributed by atoms with van der Waals surface area (Å²) in [7, 11) is 0. The summed E-state index contributed by atoms with van der Waals surface area (Å²) in [5, 5.41) is 10.9. The van der Waals surface area contributed by atoms with E-state index in [9.17, 15) is 4.79 Å². The minimum atomic E-state index is -0.106.